The molecule has 3 aromatic rings. The largest absolute Gasteiger partial charge is 0.493 e. The molecule has 8 nitrogen and oxygen atoms in total. The lowest BCUT2D eigenvalue weighted by atomic mass is 9.92. The molecule has 186 valence electrons. The van der Waals surface area contributed by atoms with Gasteiger partial charge >= 0.3 is 0 Å². The van der Waals surface area contributed by atoms with Gasteiger partial charge in [0.05, 0.1) is 26.3 Å². The number of hydrogen-bond acceptors (Lipinski definition) is 5. The Balaban J connectivity index is 1.60. The van der Waals surface area contributed by atoms with Crippen molar-refractivity contribution < 1.29 is 23.5 Å². The summed E-state index contributed by atoms with van der Waals surface area (Å²) in [5.41, 5.74) is 1.38. The van der Waals surface area contributed by atoms with Crippen LogP contribution in [0.3, 0.4) is 0 Å². The van der Waals surface area contributed by atoms with Crippen LogP contribution in [0.1, 0.15) is 61.7 Å². The summed E-state index contributed by atoms with van der Waals surface area (Å²) in [5, 5.41) is 3.29. The Labute approximate surface area is 205 Å². The number of aryl methyl sites for hydroxylation is 1. The van der Waals surface area contributed by atoms with E-state index in [0.29, 0.717) is 35.0 Å². The van der Waals surface area contributed by atoms with Gasteiger partial charge in [0, 0.05) is 29.9 Å². The Morgan fingerprint density at radius 2 is 1.77 bits per heavy atom. The van der Waals surface area contributed by atoms with Gasteiger partial charge < -0.3 is 23.8 Å². The molecule has 0 unspecified atom stereocenters. The van der Waals surface area contributed by atoms with Crippen LogP contribution in [0.15, 0.2) is 34.7 Å². The molecule has 2 amide bonds. The number of amides is 2. The summed E-state index contributed by atoms with van der Waals surface area (Å²) >= 11 is 0. The van der Waals surface area contributed by atoms with E-state index < -0.39 is 5.54 Å². The van der Waals surface area contributed by atoms with Crippen molar-refractivity contribution in [1.29, 1.82) is 0 Å². The molecule has 1 aliphatic carbocycles. The molecule has 0 bridgehead atoms. The summed E-state index contributed by atoms with van der Waals surface area (Å²) in [6.07, 6.45) is 6.54. The standard InChI is InChI=1S/C27H33N3O5/c1-17-13-20-23(35-17)15-21-25(31)30(19-11-12-22(33-3)24(14-19)34-4)27(2,16-29(20)21)26(32)28-18-9-7-5-6-8-10-18/h11-15,18H,5-10,16H2,1-4H3,(H,28,32)/t27-/m0/s1. The minimum atomic E-state index is -1.16. The second kappa shape index (κ2) is 8.98. The summed E-state index contributed by atoms with van der Waals surface area (Å²) in [6, 6.07) is 9.10. The zero-order valence-electron chi connectivity index (χ0n) is 20.8. The van der Waals surface area contributed by atoms with E-state index in [4.69, 9.17) is 13.9 Å². The van der Waals surface area contributed by atoms with E-state index in [2.05, 4.69) is 5.32 Å². The van der Waals surface area contributed by atoms with Crippen LogP contribution in [-0.4, -0.2) is 42.2 Å². The third kappa shape index (κ3) is 3.94. The van der Waals surface area contributed by atoms with Crippen LogP contribution in [0.4, 0.5) is 5.69 Å². The smallest absolute Gasteiger partial charge is 0.276 e. The lowest BCUT2D eigenvalue weighted by Gasteiger charge is -2.44. The Hall–Kier alpha value is -3.42. The number of nitrogens with one attached hydrogen (secondary N) is 1. The quantitative estimate of drug-likeness (QED) is 0.531. The molecular formula is C27H33N3O5. The fraction of sp³-hybridized carbons (Fsp3) is 0.481. The predicted molar refractivity (Wildman–Crippen MR) is 133 cm³/mol. The van der Waals surface area contributed by atoms with Gasteiger partial charge in [0.25, 0.3) is 5.91 Å². The van der Waals surface area contributed by atoms with Crippen LogP contribution in [0.2, 0.25) is 0 Å². The number of rotatable bonds is 5. The van der Waals surface area contributed by atoms with Gasteiger partial charge in [-0.2, -0.15) is 0 Å². The third-order valence-corrected chi connectivity index (χ3v) is 7.40. The molecule has 0 saturated heterocycles. The molecule has 1 saturated carbocycles. The van der Waals surface area contributed by atoms with Crippen LogP contribution in [0, 0.1) is 6.92 Å². The van der Waals surface area contributed by atoms with E-state index in [1.165, 1.54) is 12.8 Å². The van der Waals surface area contributed by atoms with Crippen molar-refractivity contribution in [2.45, 2.75) is 70.5 Å². The molecule has 5 rings (SSSR count). The van der Waals surface area contributed by atoms with E-state index in [1.54, 1.807) is 43.4 Å². The van der Waals surface area contributed by atoms with Crippen LogP contribution in [-0.2, 0) is 11.3 Å². The highest BCUT2D eigenvalue weighted by atomic mass is 16.5. The number of ether oxygens (including phenoxy) is 2. The number of methoxy groups -OCH3 is 2. The van der Waals surface area contributed by atoms with E-state index in [-0.39, 0.29) is 17.9 Å². The molecule has 0 spiro atoms. The Kier molecular flexibility index (Phi) is 5.99. The Morgan fingerprint density at radius 3 is 2.46 bits per heavy atom. The van der Waals surface area contributed by atoms with Gasteiger partial charge in [-0.25, -0.2) is 0 Å². The summed E-state index contributed by atoms with van der Waals surface area (Å²) in [5.74, 6) is 1.41. The van der Waals surface area contributed by atoms with Gasteiger partial charge in [-0.3, -0.25) is 14.5 Å². The number of fused-ring (bicyclic) bond motifs is 3. The SMILES string of the molecule is COc1ccc(N2C(=O)c3cc4oc(C)cc4n3C[C@@]2(C)C(=O)NC2CCCCCC2)cc1OC. The molecule has 1 aromatic carbocycles. The normalized spacial score (nSPS) is 21.0. The number of carbonyl (C=O) groups excluding carboxylic acids is 2. The fourth-order valence-corrected chi connectivity index (χ4v) is 5.53. The van der Waals surface area contributed by atoms with E-state index in [1.807, 2.05) is 24.5 Å². The number of nitrogens with zero attached hydrogens (tertiary/aromatic N) is 2. The van der Waals surface area contributed by atoms with Crippen molar-refractivity contribution in [1.82, 2.24) is 9.88 Å². The fourth-order valence-electron chi connectivity index (χ4n) is 5.53. The number of carbonyl (C=O) groups is 2. The van der Waals surface area contributed by atoms with Crippen LogP contribution >= 0.6 is 0 Å². The van der Waals surface area contributed by atoms with Crippen molar-refractivity contribution in [2.75, 3.05) is 19.1 Å². The first-order chi connectivity index (χ1) is 16.9. The van der Waals surface area contributed by atoms with Crippen LogP contribution in [0.5, 0.6) is 11.5 Å². The first-order valence-corrected chi connectivity index (χ1v) is 12.3. The van der Waals surface area contributed by atoms with Crippen molar-refractivity contribution in [3.63, 3.8) is 0 Å². The lowest BCUT2D eigenvalue weighted by Crippen LogP contribution is -2.65. The molecule has 1 N–H and O–H groups in total. The highest BCUT2D eigenvalue weighted by molar-refractivity contribution is 6.13. The summed E-state index contributed by atoms with van der Waals surface area (Å²) in [7, 11) is 3.12. The first kappa shape index (κ1) is 23.3. The highest BCUT2D eigenvalue weighted by Crippen LogP contribution is 2.40. The molecule has 35 heavy (non-hydrogen) atoms. The van der Waals surface area contributed by atoms with Crippen molar-refractivity contribution in [2.24, 2.45) is 0 Å². The average Bonchev–Trinajstić information content (AvgIpc) is 3.24. The number of anilines is 1. The van der Waals surface area contributed by atoms with Gasteiger partial charge in [-0.05, 0) is 38.8 Å². The predicted octanol–water partition coefficient (Wildman–Crippen LogP) is 4.82. The van der Waals surface area contributed by atoms with Crippen molar-refractivity contribution >= 4 is 28.6 Å². The maximum absolute atomic E-state index is 14.0. The van der Waals surface area contributed by atoms with E-state index in [9.17, 15) is 9.59 Å². The summed E-state index contributed by atoms with van der Waals surface area (Å²) in [6.45, 7) is 4.03. The maximum atomic E-state index is 14.0. The minimum Gasteiger partial charge on any atom is -0.493 e. The topological polar surface area (TPSA) is 85.9 Å². The van der Waals surface area contributed by atoms with E-state index in [0.717, 1.165) is 37.0 Å². The molecule has 1 atom stereocenters. The number of hydrogen-bond donors (Lipinski definition) is 1. The number of aromatic nitrogens is 1. The van der Waals surface area contributed by atoms with Crippen molar-refractivity contribution in [3.05, 3.63) is 41.8 Å². The van der Waals surface area contributed by atoms with E-state index >= 15 is 0 Å². The second-order valence-electron chi connectivity index (χ2n) is 9.84. The maximum Gasteiger partial charge on any atom is 0.276 e. The Morgan fingerprint density at radius 1 is 1.06 bits per heavy atom. The van der Waals surface area contributed by atoms with Gasteiger partial charge in [0.1, 0.15) is 17.0 Å². The monoisotopic (exact) mass is 479 g/mol. The van der Waals surface area contributed by atoms with Gasteiger partial charge in [-0.15, -0.1) is 0 Å². The Bertz CT molecular complexity index is 1270. The summed E-state index contributed by atoms with van der Waals surface area (Å²) in [4.78, 5) is 29.6. The first-order valence-electron chi connectivity index (χ1n) is 12.3. The molecule has 2 aromatic heterocycles. The van der Waals surface area contributed by atoms with Gasteiger partial charge in [0.2, 0.25) is 5.91 Å². The zero-order chi connectivity index (χ0) is 24.7. The zero-order valence-corrected chi connectivity index (χ0v) is 20.8. The molecule has 1 fully saturated rings. The average molecular weight is 480 g/mol. The molecule has 2 aliphatic rings. The van der Waals surface area contributed by atoms with Crippen molar-refractivity contribution in [3.8, 4) is 11.5 Å². The molecule has 3 heterocycles. The van der Waals surface area contributed by atoms with Gasteiger partial charge in [0.15, 0.2) is 17.1 Å². The molecule has 0 radical (unpaired) electrons. The molecule has 1 aliphatic heterocycles. The van der Waals surface area contributed by atoms with Gasteiger partial charge in [-0.1, -0.05) is 25.7 Å². The van der Waals surface area contributed by atoms with Crippen LogP contribution < -0.4 is 19.7 Å². The molecule has 8 heteroatoms. The summed E-state index contributed by atoms with van der Waals surface area (Å²) < 4.78 is 18.6. The lowest BCUT2D eigenvalue weighted by molar-refractivity contribution is -0.127. The number of benzene rings is 1. The number of furan rings is 1. The minimum absolute atomic E-state index is 0.117. The third-order valence-electron chi connectivity index (χ3n) is 7.40. The highest BCUT2D eigenvalue weighted by Gasteiger charge is 2.49. The molecular weight excluding hydrogens is 446 g/mol. The van der Waals surface area contributed by atoms with Crippen LogP contribution in [0.25, 0.3) is 11.1 Å². The second-order valence-corrected chi connectivity index (χ2v) is 9.84.